The number of amides is 3. The second-order valence-corrected chi connectivity index (χ2v) is 17.3. The molecule has 1 aromatic heterocycles. The van der Waals surface area contributed by atoms with Gasteiger partial charge in [0.15, 0.2) is 0 Å². The highest BCUT2D eigenvalue weighted by atomic mass is 79.9. The van der Waals surface area contributed by atoms with Crippen molar-refractivity contribution in [2.24, 2.45) is 5.92 Å². The molecule has 0 bridgehead atoms. The standard InChI is InChI=1S/C41H41BrN6O5/c1-40(2)28-17-26(6-7-30(28)48-31-5-3-4-29(42)35(31)37(51)44-39(40)48)46-14-11-23(12-15-46)19-45-21-41(22-45)13-10-24-16-25-20-47(32-8-9-34(49)43-36(32)50)38(52)27(25)18-33(24)53-41/h3-7,16-18,23,32H,8-15,19-22H2,1-2H3,(H,43,49,50)/t32-/m0/s1. The van der Waals surface area contributed by atoms with Crippen LogP contribution in [0.2, 0.25) is 0 Å². The Labute approximate surface area is 315 Å². The van der Waals surface area contributed by atoms with E-state index in [4.69, 9.17) is 4.74 Å². The fourth-order valence-corrected chi connectivity index (χ4v) is 10.4. The monoisotopic (exact) mass is 776 g/mol. The number of ether oxygens (including phenoxy) is 1. The van der Waals surface area contributed by atoms with Crippen LogP contribution in [0.3, 0.4) is 0 Å². The van der Waals surface area contributed by atoms with Crippen LogP contribution in [0.15, 0.2) is 57.8 Å². The molecule has 0 radical (unpaired) electrons. The van der Waals surface area contributed by atoms with Crippen molar-refractivity contribution in [2.45, 2.75) is 76.0 Å². The van der Waals surface area contributed by atoms with Crippen LogP contribution in [-0.2, 0) is 28.0 Å². The number of fused-ring (bicyclic) bond motifs is 7. The number of rotatable bonds is 4. The van der Waals surface area contributed by atoms with Gasteiger partial charge in [0, 0.05) is 61.4 Å². The van der Waals surface area contributed by atoms with Gasteiger partial charge in [-0.05, 0) is 127 Å². The SMILES string of the molecule is CC1(C)c2cc(N3CCC(CN4CC5(CCc6cc7c(cc6O5)C(=O)N([C@H]5CCC(=O)NC5=O)C7)C4)CC3)ccc2-n2c1nc(=O)c1c(Br)cccc12. The van der Waals surface area contributed by atoms with Crippen LogP contribution >= 0.6 is 15.9 Å². The zero-order chi connectivity index (χ0) is 36.4. The van der Waals surface area contributed by atoms with Crippen LogP contribution in [0.5, 0.6) is 5.75 Å². The molecular weight excluding hydrogens is 736 g/mol. The van der Waals surface area contributed by atoms with Gasteiger partial charge in [0.25, 0.3) is 11.5 Å². The van der Waals surface area contributed by atoms with Gasteiger partial charge in [-0.1, -0.05) is 6.07 Å². The molecule has 53 heavy (non-hydrogen) atoms. The van der Waals surface area contributed by atoms with Gasteiger partial charge in [-0.25, -0.2) is 0 Å². The van der Waals surface area contributed by atoms with Gasteiger partial charge in [0.1, 0.15) is 23.2 Å². The molecule has 10 rings (SSSR count). The summed E-state index contributed by atoms with van der Waals surface area (Å²) in [6.07, 6.45) is 4.72. The van der Waals surface area contributed by atoms with Gasteiger partial charge in [-0.15, -0.1) is 0 Å². The Morgan fingerprint density at radius 2 is 1.77 bits per heavy atom. The molecule has 0 aliphatic carbocycles. The number of benzene rings is 3. The summed E-state index contributed by atoms with van der Waals surface area (Å²) in [5.74, 6) is 1.37. The third-order valence-corrected chi connectivity index (χ3v) is 13.4. The van der Waals surface area contributed by atoms with Crippen molar-refractivity contribution < 1.29 is 19.1 Å². The quantitative estimate of drug-likeness (QED) is 0.293. The first-order valence-corrected chi connectivity index (χ1v) is 19.6. The number of aromatic nitrogens is 2. The Kier molecular flexibility index (Phi) is 7.31. The van der Waals surface area contributed by atoms with E-state index in [2.05, 4.69) is 78.7 Å². The minimum atomic E-state index is -0.614. The lowest BCUT2D eigenvalue weighted by Crippen LogP contribution is -2.66. The van der Waals surface area contributed by atoms with E-state index in [0.717, 1.165) is 96.8 Å². The number of nitrogens with zero attached hydrogens (tertiary/aromatic N) is 5. The number of likely N-dealkylation sites (tertiary alicyclic amines) is 1. The fourth-order valence-electron chi connectivity index (χ4n) is 9.87. The van der Waals surface area contributed by atoms with Gasteiger partial charge in [-0.3, -0.25) is 34.0 Å². The van der Waals surface area contributed by atoms with Crippen molar-refractivity contribution in [3.63, 3.8) is 0 Å². The normalized spacial score (nSPS) is 23.0. The summed E-state index contributed by atoms with van der Waals surface area (Å²) in [4.78, 5) is 61.9. The molecule has 4 aromatic rings. The molecule has 1 spiro atoms. The highest BCUT2D eigenvalue weighted by Crippen LogP contribution is 2.46. The molecule has 6 aliphatic heterocycles. The van der Waals surface area contributed by atoms with E-state index in [1.807, 2.05) is 24.3 Å². The van der Waals surface area contributed by atoms with Gasteiger partial charge in [0.2, 0.25) is 11.8 Å². The van der Waals surface area contributed by atoms with E-state index in [0.29, 0.717) is 29.8 Å². The minimum absolute atomic E-state index is 0.161. The average molecular weight is 778 g/mol. The van der Waals surface area contributed by atoms with Gasteiger partial charge in [0.05, 0.1) is 22.0 Å². The number of hydrogen-bond donors (Lipinski definition) is 1. The molecule has 272 valence electrons. The maximum absolute atomic E-state index is 13.4. The molecule has 0 unspecified atom stereocenters. The van der Waals surface area contributed by atoms with Gasteiger partial charge in [-0.2, -0.15) is 4.98 Å². The van der Waals surface area contributed by atoms with E-state index in [1.165, 1.54) is 11.3 Å². The number of aryl methyl sites for hydroxylation is 1. The van der Waals surface area contributed by atoms with Crippen LogP contribution in [0.4, 0.5) is 5.69 Å². The molecule has 11 nitrogen and oxygen atoms in total. The third-order valence-electron chi connectivity index (χ3n) is 12.7. The molecule has 3 amide bonds. The number of hydrogen-bond acceptors (Lipinski definition) is 8. The molecule has 3 fully saturated rings. The Morgan fingerprint density at radius 3 is 2.57 bits per heavy atom. The molecule has 0 saturated carbocycles. The highest BCUT2D eigenvalue weighted by Gasteiger charge is 2.49. The Bertz CT molecular complexity index is 2340. The van der Waals surface area contributed by atoms with Crippen molar-refractivity contribution in [2.75, 3.05) is 37.6 Å². The summed E-state index contributed by atoms with van der Waals surface area (Å²) in [5.41, 5.74) is 6.23. The molecule has 1 N–H and O–H groups in total. The lowest BCUT2D eigenvalue weighted by Gasteiger charge is -2.53. The van der Waals surface area contributed by atoms with Crippen molar-refractivity contribution in [3.05, 3.63) is 91.4 Å². The third kappa shape index (κ3) is 5.11. The maximum atomic E-state index is 13.4. The number of piperidine rings is 2. The first kappa shape index (κ1) is 33.1. The van der Waals surface area contributed by atoms with Crippen LogP contribution < -0.4 is 20.5 Å². The van der Waals surface area contributed by atoms with Crippen molar-refractivity contribution in [3.8, 4) is 11.4 Å². The smallest absolute Gasteiger partial charge is 0.281 e. The Balaban J connectivity index is 0.773. The number of imide groups is 1. The highest BCUT2D eigenvalue weighted by molar-refractivity contribution is 9.10. The zero-order valence-corrected chi connectivity index (χ0v) is 31.5. The van der Waals surface area contributed by atoms with Gasteiger partial charge < -0.3 is 14.5 Å². The molecular formula is C41H41BrN6O5. The van der Waals surface area contributed by atoms with Crippen molar-refractivity contribution in [1.82, 2.24) is 24.7 Å². The van der Waals surface area contributed by atoms with E-state index in [1.54, 1.807) is 4.90 Å². The topological polar surface area (TPSA) is 117 Å². The second-order valence-electron chi connectivity index (χ2n) is 16.4. The molecule has 1 atom stereocenters. The summed E-state index contributed by atoms with van der Waals surface area (Å²) < 4.78 is 9.60. The maximum Gasteiger partial charge on any atom is 0.281 e. The molecule has 6 aliphatic rings. The Morgan fingerprint density at radius 1 is 0.962 bits per heavy atom. The van der Waals surface area contributed by atoms with Crippen LogP contribution in [0.1, 0.15) is 78.8 Å². The van der Waals surface area contributed by atoms with Gasteiger partial charge >= 0.3 is 0 Å². The zero-order valence-electron chi connectivity index (χ0n) is 29.9. The van der Waals surface area contributed by atoms with Crippen molar-refractivity contribution in [1.29, 1.82) is 0 Å². The first-order valence-electron chi connectivity index (χ1n) is 18.8. The number of nitrogens with one attached hydrogen (secondary N) is 1. The van der Waals surface area contributed by atoms with Crippen LogP contribution in [-0.4, -0.2) is 81.4 Å². The predicted octanol–water partition coefficient (Wildman–Crippen LogP) is 4.84. The minimum Gasteiger partial charge on any atom is -0.484 e. The summed E-state index contributed by atoms with van der Waals surface area (Å²) in [6.45, 7) is 9.56. The summed E-state index contributed by atoms with van der Waals surface area (Å²) >= 11 is 3.57. The molecule has 3 saturated heterocycles. The summed E-state index contributed by atoms with van der Waals surface area (Å²) in [6, 6.07) is 16.0. The molecule has 3 aromatic carbocycles. The van der Waals surface area contributed by atoms with E-state index in [9.17, 15) is 19.2 Å². The lowest BCUT2D eigenvalue weighted by atomic mass is 9.82. The molecule has 12 heteroatoms. The van der Waals surface area contributed by atoms with E-state index < -0.39 is 11.5 Å². The number of carbonyl (C=O) groups excluding carboxylic acids is 3. The molecule has 7 heterocycles. The largest absolute Gasteiger partial charge is 0.484 e. The van der Waals surface area contributed by atoms with E-state index >= 15 is 0 Å². The summed E-state index contributed by atoms with van der Waals surface area (Å²) in [5, 5.41) is 2.99. The Hall–Kier alpha value is -4.55. The number of anilines is 1. The number of carbonyl (C=O) groups is 3. The number of halogens is 1. The van der Waals surface area contributed by atoms with Crippen LogP contribution in [0.25, 0.3) is 16.6 Å². The van der Waals surface area contributed by atoms with Crippen LogP contribution in [0, 0.1) is 5.92 Å². The van der Waals surface area contributed by atoms with E-state index in [-0.39, 0.29) is 35.3 Å². The van der Waals surface area contributed by atoms with Crippen molar-refractivity contribution >= 4 is 50.2 Å². The second kappa shape index (κ2) is 11.7. The predicted molar refractivity (Wildman–Crippen MR) is 203 cm³/mol. The first-order chi connectivity index (χ1) is 25.5. The lowest BCUT2D eigenvalue weighted by molar-refractivity contribution is -0.136. The fraction of sp³-hybridized carbons (Fsp3) is 0.439. The summed E-state index contributed by atoms with van der Waals surface area (Å²) in [7, 11) is 0. The average Bonchev–Trinajstić information content (AvgIpc) is 3.55.